The smallest absolute Gasteiger partial charge is 0.321 e. The monoisotopic (exact) mass is 444 g/mol. The molecular weight excluding hydrogens is 424 g/mol. The second-order valence-electron chi connectivity index (χ2n) is 6.91. The van der Waals surface area contributed by atoms with E-state index >= 15 is 0 Å². The third kappa shape index (κ3) is 5.13. The number of rotatable bonds is 7. The van der Waals surface area contributed by atoms with E-state index in [1.54, 1.807) is 48.8 Å². The number of phenols is 1. The van der Waals surface area contributed by atoms with Crippen LogP contribution in [0.3, 0.4) is 0 Å². The number of phenolic OH excluding ortho intramolecular Hbond substituents is 1. The number of carbonyl (C=O) groups is 1. The van der Waals surface area contributed by atoms with Crippen molar-refractivity contribution in [2.45, 2.75) is 12.5 Å². The maximum Gasteiger partial charge on any atom is 0.321 e. The van der Waals surface area contributed by atoms with E-state index in [1.807, 2.05) is 30.3 Å². The molecule has 0 saturated carbocycles. The molecule has 32 heavy (non-hydrogen) atoms. The van der Waals surface area contributed by atoms with Gasteiger partial charge in [-0.25, -0.2) is 4.79 Å². The average Bonchev–Trinajstić information content (AvgIpc) is 3.28. The second kappa shape index (κ2) is 9.80. The van der Waals surface area contributed by atoms with Gasteiger partial charge >= 0.3 is 6.03 Å². The quantitative estimate of drug-likeness (QED) is 0.310. The number of anilines is 1. The van der Waals surface area contributed by atoms with E-state index in [4.69, 9.17) is 5.41 Å². The van der Waals surface area contributed by atoms with Crippen LogP contribution in [0.25, 0.3) is 10.6 Å². The largest absolute Gasteiger partial charge is 0.508 e. The Bertz CT molecular complexity index is 1210. The van der Waals surface area contributed by atoms with E-state index in [9.17, 15) is 9.90 Å². The summed E-state index contributed by atoms with van der Waals surface area (Å²) in [6, 6.07) is 18.7. The molecule has 0 bridgehead atoms. The van der Waals surface area contributed by atoms with Crippen LogP contribution in [0.4, 0.5) is 9.93 Å². The van der Waals surface area contributed by atoms with Gasteiger partial charge in [0.25, 0.3) is 0 Å². The van der Waals surface area contributed by atoms with Crippen LogP contribution in [-0.4, -0.2) is 32.0 Å². The maximum atomic E-state index is 12.7. The van der Waals surface area contributed by atoms with Crippen molar-refractivity contribution in [3.05, 3.63) is 90.3 Å². The molecule has 4 N–H and O–H groups in total. The number of nitrogens with one attached hydrogen (secondary N) is 3. The molecular formula is C23H20N6O2S. The van der Waals surface area contributed by atoms with Gasteiger partial charge in [0.1, 0.15) is 10.8 Å². The number of carbonyl (C=O) groups excluding carboxylic acids is 1. The molecule has 0 fully saturated rings. The number of para-hydroxylation sites is 1. The molecule has 2 heterocycles. The Morgan fingerprint density at radius 2 is 1.81 bits per heavy atom. The summed E-state index contributed by atoms with van der Waals surface area (Å²) in [5.74, 6) is 0.0408. The molecule has 0 aliphatic rings. The standard InChI is InChI=1S/C23H20N6O2S/c24-18(16-9-6-12-25-14-16)13-19(17-10-4-5-11-20(17)30)26-22(31)27-23-29-28-21(32-23)15-7-2-1-3-8-15/h1-12,14,19,24,30H,13H2,(H2,26,27,29,31). The van der Waals surface area contributed by atoms with Gasteiger partial charge in [-0.3, -0.25) is 10.3 Å². The molecule has 4 aromatic rings. The van der Waals surface area contributed by atoms with E-state index < -0.39 is 12.1 Å². The van der Waals surface area contributed by atoms with Crippen LogP contribution in [0, 0.1) is 5.41 Å². The Balaban J connectivity index is 1.49. The molecule has 9 heteroatoms. The third-order valence-electron chi connectivity index (χ3n) is 4.70. The number of benzene rings is 2. The number of hydrogen-bond acceptors (Lipinski definition) is 7. The van der Waals surface area contributed by atoms with Crippen LogP contribution in [0.1, 0.15) is 23.6 Å². The Hall–Kier alpha value is -4.11. The molecule has 4 rings (SSSR count). The lowest BCUT2D eigenvalue weighted by Crippen LogP contribution is -2.34. The fourth-order valence-electron chi connectivity index (χ4n) is 3.15. The number of amides is 2. The van der Waals surface area contributed by atoms with Gasteiger partial charge in [-0.15, -0.1) is 10.2 Å². The zero-order valence-corrected chi connectivity index (χ0v) is 17.7. The predicted octanol–water partition coefficient (Wildman–Crippen LogP) is 4.63. The molecule has 2 amide bonds. The molecule has 160 valence electrons. The third-order valence-corrected chi connectivity index (χ3v) is 5.59. The van der Waals surface area contributed by atoms with Gasteiger partial charge in [-0.1, -0.05) is 65.9 Å². The molecule has 1 atom stereocenters. The Kier molecular flexibility index (Phi) is 6.47. The molecule has 2 aromatic carbocycles. The van der Waals surface area contributed by atoms with Crippen molar-refractivity contribution < 1.29 is 9.90 Å². The number of pyridine rings is 1. The van der Waals surface area contributed by atoms with Crippen LogP contribution in [0.5, 0.6) is 5.75 Å². The number of aromatic hydroxyl groups is 1. The number of hydrogen-bond donors (Lipinski definition) is 4. The average molecular weight is 445 g/mol. The van der Waals surface area contributed by atoms with E-state index in [0.29, 0.717) is 21.3 Å². The highest BCUT2D eigenvalue weighted by atomic mass is 32.1. The van der Waals surface area contributed by atoms with Crippen molar-refractivity contribution in [1.82, 2.24) is 20.5 Å². The number of aromatic nitrogens is 3. The van der Waals surface area contributed by atoms with Crippen molar-refractivity contribution in [1.29, 1.82) is 5.41 Å². The lowest BCUT2D eigenvalue weighted by molar-refractivity contribution is 0.248. The van der Waals surface area contributed by atoms with Crippen molar-refractivity contribution in [2.75, 3.05) is 5.32 Å². The number of nitrogens with zero attached hydrogens (tertiary/aromatic N) is 3. The van der Waals surface area contributed by atoms with Gasteiger partial charge in [0.05, 0.1) is 6.04 Å². The molecule has 0 radical (unpaired) electrons. The van der Waals surface area contributed by atoms with E-state index in [0.717, 1.165) is 5.56 Å². The summed E-state index contributed by atoms with van der Waals surface area (Å²) in [4.78, 5) is 16.8. The lowest BCUT2D eigenvalue weighted by Gasteiger charge is -2.20. The fourth-order valence-corrected chi connectivity index (χ4v) is 3.89. The van der Waals surface area contributed by atoms with Crippen molar-refractivity contribution >= 4 is 28.2 Å². The summed E-state index contributed by atoms with van der Waals surface area (Å²) in [7, 11) is 0. The first-order valence-corrected chi connectivity index (χ1v) is 10.6. The Morgan fingerprint density at radius 3 is 2.56 bits per heavy atom. The lowest BCUT2D eigenvalue weighted by atomic mass is 9.97. The van der Waals surface area contributed by atoms with Crippen LogP contribution < -0.4 is 10.6 Å². The maximum absolute atomic E-state index is 12.7. The van der Waals surface area contributed by atoms with E-state index in [-0.39, 0.29) is 17.9 Å². The second-order valence-corrected chi connectivity index (χ2v) is 7.89. The Labute approximate surface area is 188 Å². The van der Waals surface area contributed by atoms with Crippen molar-refractivity contribution in [3.63, 3.8) is 0 Å². The predicted molar refractivity (Wildman–Crippen MR) is 124 cm³/mol. The SMILES string of the molecule is N=C(CC(NC(=O)Nc1nnc(-c2ccccc2)s1)c1ccccc1O)c1cccnc1. The minimum Gasteiger partial charge on any atom is -0.508 e. The highest BCUT2D eigenvalue weighted by molar-refractivity contribution is 7.18. The van der Waals surface area contributed by atoms with Crippen LogP contribution in [0.15, 0.2) is 79.1 Å². The molecule has 1 unspecified atom stereocenters. The molecule has 2 aromatic heterocycles. The summed E-state index contributed by atoms with van der Waals surface area (Å²) in [6.07, 6.45) is 3.40. The summed E-state index contributed by atoms with van der Waals surface area (Å²) in [5.41, 5.74) is 2.36. The zero-order valence-electron chi connectivity index (χ0n) is 16.9. The first kappa shape index (κ1) is 21.1. The van der Waals surface area contributed by atoms with Crippen LogP contribution in [-0.2, 0) is 0 Å². The van der Waals surface area contributed by atoms with E-state index in [1.165, 1.54) is 11.3 Å². The molecule has 0 spiro atoms. The van der Waals surface area contributed by atoms with Gasteiger partial charge in [-0.05, 0) is 12.1 Å². The van der Waals surface area contributed by atoms with Gasteiger partial charge in [0.2, 0.25) is 5.13 Å². The fraction of sp³-hybridized carbons (Fsp3) is 0.0870. The molecule has 0 aliphatic heterocycles. The topological polar surface area (TPSA) is 124 Å². The first-order valence-electron chi connectivity index (χ1n) is 9.82. The summed E-state index contributed by atoms with van der Waals surface area (Å²) in [6.45, 7) is 0. The summed E-state index contributed by atoms with van der Waals surface area (Å²) >= 11 is 1.26. The van der Waals surface area contributed by atoms with Crippen LogP contribution in [0.2, 0.25) is 0 Å². The summed E-state index contributed by atoms with van der Waals surface area (Å²) < 4.78 is 0. The first-order chi connectivity index (χ1) is 15.6. The van der Waals surface area contributed by atoms with Crippen molar-refractivity contribution in [2.24, 2.45) is 0 Å². The minimum absolute atomic E-state index is 0.0408. The highest BCUT2D eigenvalue weighted by Crippen LogP contribution is 2.28. The van der Waals surface area contributed by atoms with Gasteiger partial charge in [0, 0.05) is 41.2 Å². The highest BCUT2D eigenvalue weighted by Gasteiger charge is 2.21. The molecule has 0 aliphatic carbocycles. The molecule has 0 saturated heterocycles. The number of urea groups is 1. The normalized spacial score (nSPS) is 11.5. The zero-order chi connectivity index (χ0) is 22.3. The van der Waals surface area contributed by atoms with Gasteiger partial charge < -0.3 is 15.8 Å². The van der Waals surface area contributed by atoms with E-state index in [2.05, 4.69) is 25.8 Å². The van der Waals surface area contributed by atoms with Crippen LogP contribution >= 0.6 is 11.3 Å². The van der Waals surface area contributed by atoms with Crippen molar-refractivity contribution in [3.8, 4) is 16.3 Å². The van der Waals surface area contributed by atoms with Gasteiger partial charge in [-0.2, -0.15) is 0 Å². The Morgan fingerprint density at radius 1 is 1.03 bits per heavy atom. The van der Waals surface area contributed by atoms with Gasteiger partial charge in [0.15, 0.2) is 0 Å². The molecule has 8 nitrogen and oxygen atoms in total. The summed E-state index contributed by atoms with van der Waals surface area (Å²) in [5, 5.41) is 33.5. The minimum atomic E-state index is -0.634.